The molecule has 0 spiro atoms. The lowest BCUT2D eigenvalue weighted by Gasteiger charge is -2.09. The maximum Gasteiger partial charge on any atom is 0.230 e. The molecule has 0 atom stereocenters. The van der Waals surface area contributed by atoms with Crippen LogP contribution < -0.4 is 4.74 Å². The molecule has 5 heteroatoms. The summed E-state index contributed by atoms with van der Waals surface area (Å²) in [5.74, 6) is 0.382. The van der Waals surface area contributed by atoms with Crippen LogP contribution in [-0.4, -0.2) is 9.97 Å². The summed E-state index contributed by atoms with van der Waals surface area (Å²) in [4.78, 5) is 8.38. The van der Waals surface area contributed by atoms with Gasteiger partial charge in [0.05, 0.1) is 11.6 Å². The van der Waals surface area contributed by atoms with Gasteiger partial charge in [-0.05, 0) is 37.3 Å². The number of halogens is 1. The van der Waals surface area contributed by atoms with Crippen LogP contribution in [0, 0.1) is 12.7 Å². The average Bonchev–Trinajstić information content (AvgIpc) is 3.06. The monoisotopic (exact) mass is 320 g/mol. The van der Waals surface area contributed by atoms with Crippen molar-refractivity contribution in [3.05, 3.63) is 72.6 Å². The third kappa shape index (κ3) is 2.50. The van der Waals surface area contributed by atoms with Gasteiger partial charge < -0.3 is 9.15 Å². The lowest BCUT2D eigenvalue weighted by atomic mass is 10.0. The fourth-order valence-corrected chi connectivity index (χ4v) is 2.61. The number of pyridine rings is 2. The molecule has 0 fully saturated rings. The molecule has 24 heavy (non-hydrogen) atoms. The molecule has 4 aromatic rings. The van der Waals surface area contributed by atoms with Crippen molar-refractivity contribution in [2.45, 2.75) is 6.92 Å². The minimum absolute atomic E-state index is 0.372. The number of ether oxygens (including phenoxy) is 1. The van der Waals surface area contributed by atoms with Gasteiger partial charge in [-0.1, -0.05) is 6.07 Å². The second-order valence-corrected chi connectivity index (χ2v) is 5.33. The Bertz CT molecular complexity index is 1030. The molecule has 3 heterocycles. The van der Waals surface area contributed by atoms with E-state index in [2.05, 4.69) is 9.97 Å². The third-order valence-corrected chi connectivity index (χ3v) is 3.80. The molecule has 0 aliphatic heterocycles. The smallest absolute Gasteiger partial charge is 0.230 e. The van der Waals surface area contributed by atoms with E-state index >= 15 is 0 Å². The summed E-state index contributed by atoms with van der Waals surface area (Å²) in [5, 5.41) is 0.741. The Labute approximate surface area is 137 Å². The first-order valence-electron chi connectivity index (χ1n) is 7.44. The van der Waals surface area contributed by atoms with Crippen molar-refractivity contribution in [3.63, 3.8) is 0 Å². The first-order chi connectivity index (χ1) is 11.7. The quantitative estimate of drug-likeness (QED) is 0.525. The number of aromatic nitrogens is 2. The van der Waals surface area contributed by atoms with E-state index in [0.717, 1.165) is 16.6 Å². The highest BCUT2D eigenvalue weighted by Gasteiger charge is 2.12. The average molecular weight is 320 g/mol. The minimum Gasteiger partial charge on any atom is -0.464 e. The van der Waals surface area contributed by atoms with Gasteiger partial charge in [0.1, 0.15) is 17.1 Å². The van der Waals surface area contributed by atoms with Crippen LogP contribution in [0.1, 0.15) is 5.69 Å². The Balaban J connectivity index is 1.70. The van der Waals surface area contributed by atoms with Crippen LogP contribution in [0.25, 0.3) is 22.1 Å². The lowest BCUT2D eigenvalue weighted by Crippen LogP contribution is -1.93. The molecule has 3 aromatic heterocycles. The first kappa shape index (κ1) is 14.4. The standard InChI is InChI=1S/C19H13FN2O2/c1-12-14(3-2-8-21-12)15-5-4-13(11-17(15)20)24-19-16-7-10-23-18(16)6-9-22-19/h2-11H,1H3. The second-order valence-electron chi connectivity index (χ2n) is 5.33. The zero-order valence-corrected chi connectivity index (χ0v) is 12.9. The molecular formula is C19H13FN2O2. The van der Waals surface area contributed by atoms with Gasteiger partial charge in [-0.25, -0.2) is 9.37 Å². The van der Waals surface area contributed by atoms with E-state index in [0.29, 0.717) is 22.8 Å². The lowest BCUT2D eigenvalue weighted by molar-refractivity contribution is 0.464. The van der Waals surface area contributed by atoms with Crippen molar-refractivity contribution in [2.75, 3.05) is 0 Å². The number of furan rings is 1. The second kappa shape index (κ2) is 5.77. The Morgan fingerprint density at radius 2 is 1.92 bits per heavy atom. The molecule has 0 amide bonds. The normalized spacial score (nSPS) is 10.9. The number of fused-ring (bicyclic) bond motifs is 1. The number of rotatable bonds is 3. The van der Waals surface area contributed by atoms with Crippen LogP contribution in [0.3, 0.4) is 0 Å². The number of hydrogen-bond donors (Lipinski definition) is 0. The Morgan fingerprint density at radius 3 is 2.75 bits per heavy atom. The van der Waals surface area contributed by atoms with E-state index in [4.69, 9.17) is 9.15 Å². The van der Waals surface area contributed by atoms with Crippen molar-refractivity contribution >= 4 is 11.0 Å². The van der Waals surface area contributed by atoms with Crippen LogP contribution in [-0.2, 0) is 0 Å². The van der Waals surface area contributed by atoms with Gasteiger partial charge in [0.15, 0.2) is 0 Å². The van der Waals surface area contributed by atoms with E-state index in [1.807, 2.05) is 13.0 Å². The Hall–Kier alpha value is -3.21. The molecule has 0 aliphatic carbocycles. The van der Waals surface area contributed by atoms with Gasteiger partial charge in [-0.2, -0.15) is 0 Å². The topological polar surface area (TPSA) is 48.2 Å². The van der Waals surface area contributed by atoms with E-state index in [9.17, 15) is 4.39 Å². The van der Waals surface area contributed by atoms with Crippen LogP contribution >= 0.6 is 0 Å². The van der Waals surface area contributed by atoms with E-state index in [-0.39, 0.29) is 5.82 Å². The minimum atomic E-state index is -0.372. The van der Waals surface area contributed by atoms with Crippen LogP contribution in [0.15, 0.2) is 65.5 Å². The van der Waals surface area contributed by atoms with Crippen molar-refractivity contribution in [1.29, 1.82) is 0 Å². The first-order valence-corrected chi connectivity index (χ1v) is 7.44. The fraction of sp³-hybridized carbons (Fsp3) is 0.0526. The van der Waals surface area contributed by atoms with Crippen LogP contribution in [0.4, 0.5) is 4.39 Å². The molecule has 0 saturated carbocycles. The molecule has 118 valence electrons. The summed E-state index contributed by atoms with van der Waals surface area (Å²) in [7, 11) is 0. The number of aryl methyl sites for hydroxylation is 1. The predicted molar refractivity (Wildman–Crippen MR) is 88.5 cm³/mol. The summed E-state index contributed by atoms with van der Waals surface area (Å²) in [6.45, 7) is 1.85. The fourth-order valence-electron chi connectivity index (χ4n) is 2.61. The van der Waals surface area contributed by atoms with Gasteiger partial charge in [0.2, 0.25) is 5.88 Å². The molecule has 0 bridgehead atoms. The Kier molecular flexibility index (Phi) is 3.46. The zero-order valence-electron chi connectivity index (χ0n) is 12.9. The number of nitrogens with zero attached hydrogens (tertiary/aromatic N) is 2. The van der Waals surface area contributed by atoms with Gasteiger partial charge >= 0.3 is 0 Å². The SMILES string of the molecule is Cc1ncccc1-c1ccc(Oc2nccc3occc23)cc1F. The maximum atomic E-state index is 14.5. The summed E-state index contributed by atoms with van der Waals surface area (Å²) in [5.41, 5.74) is 2.69. The molecule has 0 saturated heterocycles. The van der Waals surface area contributed by atoms with Gasteiger partial charge in [-0.3, -0.25) is 4.98 Å². The molecule has 0 aliphatic rings. The highest BCUT2D eigenvalue weighted by atomic mass is 19.1. The summed E-state index contributed by atoms with van der Waals surface area (Å²) >= 11 is 0. The number of benzene rings is 1. The zero-order chi connectivity index (χ0) is 16.5. The molecule has 0 radical (unpaired) electrons. The molecule has 1 aromatic carbocycles. The van der Waals surface area contributed by atoms with Gasteiger partial charge in [0, 0.05) is 35.3 Å². The summed E-state index contributed by atoms with van der Waals surface area (Å²) in [6.07, 6.45) is 4.84. The van der Waals surface area contributed by atoms with E-state index in [1.54, 1.807) is 49.0 Å². The van der Waals surface area contributed by atoms with Crippen LogP contribution in [0.5, 0.6) is 11.6 Å². The molecule has 4 rings (SSSR count). The van der Waals surface area contributed by atoms with Gasteiger partial charge in [-0.15, -0.1) is 0 Å². The van der Waals surface area contributed by atoms with Crippen molar-refractivity contribution in [2.24, 2.45) is 0 Å². The molecule has 0 unspecified atom stereocenters. The van der Waals surface area contributed by atoms with Crippen molar-refractivity contribution < 1.29 is 13.5 Å². The maximum absolute atomic E-state index is 14.5. The highest BCUT2D eigenvalue weighted by molar-refractivity contribution is 5.82. The summed E-state index contributed by atoms with van der Waals surface area (Å²) in [6, 6.07) is 11.9. The third-order valence-electron chi connectivity index (χ3n) is 3.80. The largest absolute Gasteiger partial charge is 0.464 e. The van der Waals surface area contributed by atoms with Crippen molar-refractivity contribution in [1.82, 2.24) is 9.97 Å². The van der Waals surface area contributed by atoms with Gasteiger partial charge in [0.25, 0.3) is 0 Å². The van der Waals surface area contributed by atoms with E-state index < -0.39 is 0 Å². The molecule has 0 N–H and O–H groups in total. The van der Waals surface area contributed by atoms with E-state index in [1.165, 1.54) is 6.07 Å². The summed E-state index contributed by atoms with van der Waals surface area (Å²) < 4.78 is 25.6. The number of hydrogen-bond acceptors (Lipinski definition) is 4. The molecule has 4 nitrogen and oxygen atoms in total. The van der Waals surface area contributed by atoms with Crippen LogP contribution in [0.2, 0.25) is 0 Å². The highest BCUT2D eigenvalue weighted by Crippen LogP contribution is 2.32. The predicted octanol–water partition coefficient (Wildman–Crippen LogP) is 5.13. The van der Waals surface area contributed by atoms with Crippen molar-refractivity contribution in [3.8, 4) is 22.8 Å². The Morgan fingerprint density at radius 1 is 1.00 bits per heavy atom. The molecular weight excluding hydrogens is 307 g/mol.